The maximum Gasteiger partial charge on any atom is 0.308 e. The lowest BCUT2D eigenvalue weighted by molar-refractivity contribution is -0.131. The fourth-order valence-electron chi connectivity index (χ4n) is 4.72. The van der Waals surface area contributed by atoms with Gasteiger partial charge < -0.3 is 9.47 Å². The lowest BCUT2D eigenvalue weighted by atomic mass is 9.69. The van der Waals surface area contributed by atoms with Crippen LogP contribution in [-0.2, 0) is 10.2 Å². The van der Waals surface area contributed by atoms with Gasteiger partial charge in [-0.1, -0.05) is 48.5 Å². The van der Waals surface area contributed by atoms with Gasteiger partial charge in [-0.2, -0.15) is 10.5 Å². The Morgan fingerprint density at radius 2 is 1.40 bits per heavy atom. The first-order valence-corrected chi connectivity index (χ1v) is 10.8. The van der Waals surface area contributed by atoms with Crippen LogP contribution in [0.15, 0.2) is 72.8 Å². The fourth-order valence-corrected chi connectivity index (χ4v) is 4.72. The molecule has 4 aromatic rings. The third-order valence-corrected chi connectivity index (χ3v) is 6.12. The number of nitrogens with zero attached hydrogens (tertiary/aromatic N) is 4. The fraction of sp³-hybridized carbons (Fsp3) is 0.107. The van der Waals surface area contributed by atoms with Crippen molar-refractivity contribution in [3.8, 4) is 34.9 Å². The summed E-state index contributed by atoms with van der Waals surface area (Å²) in [6.45, 7) is 1.35. The summed E-state index contributed by atoms with van der Waals surface area (Å²) in [6.07, 6.45) is 0. The highest BCUT2D eigenvalue weighted by Crippen LogP contribution is 2.55. The molecule has 1 aliphatic carbocycles. The number of rotatable bonds is 4. The molecule has 3 aromatic carbocycles. The molecule has 0 bridgehead atoms. The molecule has 0 amide bonds. The maximum atomic E-state index is 11.4. The van der Waals surface area contributed by atoms with E-state index in [1.54, 1.807) is 19.2 Å². The van der Waals surface area contributed by atoms with Crippen LogP contribution in [0.5, 0.6) is 11.5 Å². The molecule has 0 N–H and O–H groups in total. The van der Waals surface area contributed by atoms with Crippen molar-refractivity contribution in [2.45, 2.75) is 12.3 Å². The molecule has 0 aliphatic heterocycles. The van der Waals surface area contributed by atoms with E-state index in [1.165, 1.54) is 6.92 Å². The first-order valence-electron chi connectivity index (χ1n) is 10.8. The summed E-state index contributed by atoms with van der Waals surface area (Å²) in [7, 11) is 1.60. The second kappa shape index (κ2) is 8.40. The second-order valence-electron chi connectivity index (χ2n) is 7.98. The van der Waals surface area contributed by atoms with Gasteiger partial charge in [0.1, 0.15) is 23.6 Å². The van der Waals surface area contributed by atoms with Gasteiger partial charge >= 0.3 is 5.97 Å². The molecule has 0 fully saturated rings. The smallest absolute Gasteiger partial charge is 0.308 e. The minimum atomic E-state index is -0.931. The van der Waals surface area contributed by atoms with Crippen molar-refractivity contribution in [2.75, 3.05) is 7.11 Å². The van der Waals surface area contributed by atoms with Gasteiger partial charge in [0.05, 0.1) is 23.9 Å². The number of carbonyl (C=O) groups excluding carboxylic acids is 1. The molecule has 1 unspecified atom stereocenters. The Balaban J connectivity index is 1.88. The van der Waals surface area contributed by atoms with Crippen molar-refractivity contribution in [3.63, 3.8) is 0 Å². The van der Waals surface area contributed by atoms with Gasteiger partial charge in [0, 0.05) is 12.5 Å². The lowest BCUT2D eigenvalue weighted by Gasteiger charge is -2.32. The lowest BCUT2D eigenvalue weighted by Crippen LogP contribution is -2.30. The minimum Gasteiger partial charge on any atom is -0.497 e. The summed E-state index contributed by atoms with van der Waals surface area (Å²) in [5.41, 5.74) is 3.59. The Kier molecular flexibility index (Phi) is 5.24. The predicted octanol–water partition coefficient (Wildman–Crippen LogP) is 4.52. The largest absolute Gasteiger partial charge is 0.497 e. The van der Waals surface area contributed by atoms with E-state index in [2.05, 4.69) is 4.98 Å². The van der Waals surface area contributed by atoms with Crippen LogP contribution in [0.4, 0.5) is 0 Å². The molecule has 35 heavy (non-hydrogen) atoms. The molecule has 168 valence electrons. The molecule has 0 saturated carbocycles. The van der Waals surface area contributed by atoms with Crippen LogP contribution < -0.4 is 9.47 Å². The number of methoxy groups -OCH3 is 1. The molecule has 1 aliphatic rings. The van der Waals surface area contributed by atoms with E-state index in [0.29, 0.717) is 22.9 Å². The van der Waals surface area contributed by atoms with E-state index >= 15 is 0 Å². The van der Waals surface area contributed by atoms with Gasteiger partial charge in [-0.25, -0.2) is 9.97 Å². The van der Waals surface area contributed by atoms with Crippen molar-refractivity contribution < 1.29 is 14.3 Å². The summed E-state index contributed by atoms with van der Waals surface area (Å²) in [5.74, 6) is 0.707. The first kappa shape index (κ1) is 21.8. The summed E-state index contributed by atoms with van der Waals surface area (Å²) in [4.78, 5) is 20.7. The van der Waals surface area contributed by atoms with Crippen LogP contribution in [0.25, 0.3) is 11.3 Å². The first-order chi connectivity index (χ1) is 17.0. The van der Waals surface area contributed by atoms with Crippen molar-refractivity contribution in [3.05, 3.63) is 107 Å². The number of carbonyl (C=O) groups is 1. The molecule has 7 nitrogen and oxygen atoms in total. The molecule has 1 atom stereocenters. The van der Waals surface area contributed by atoms with Crippen molar-refractivity contribution in [2.24, 2.45) is 0 Å². The van der Waals surface area contributed by atoms with Gasteiger partial charge in [-0.05, 0) is 41.0 Å². The number of fused-ring (bicyclic) bond motifs is 3. The van der Waals surface area contributed by atoms with Crippen LogP contribution in [0.2, 0.25) is 0 Å². The number of nitriles is 2. The molecule has 7 heteroatoms. The van der Waals surface area contributed by atoms with E-state index in [-0.39, 0.29) is 11.4 Å². The van der Waals surface area contributed by atoms with Crippen LogP contribution in [0, 0.1) is 22.7 Å². The highest BCUT2D eigenvalue weighted by atomic mass is 16.5. The third kappa shape index (κ3) is 3.30. The molecule has 0 saturated heterocycles. The summed E-state index contributed by atoms with van der Waals surface area (Å²) < 4.78 is 10.6. The quantitative estimate of drug-likeness (QED) is 0.288. The van der Waals surface area contributed by atoms with Crippen LogP contribution in [0.1, 0.15) is 40.7 Å². The van der Waals surface area contributed by atoms with Gasteiger partial charge in [0.25, 0.3) is 0 Å². The minimum absolute atomic E-state index is 0.0169. The Labute approximate surface area is 201 Å². The van der Waals surface area contributed by atoms with Gasteiger partial charge in [0.2, 0.25) is 0 Å². The average molecular weight is 458 g/mol. The van der Waals surface area contributed by atoms with E-state index in [0.717, 1.165) is 22.3 Å². The summed E-state index contributed by atoms with van der Waals surface area (Å²) >= 11 is 0. The predicted molar refractivity (Wildman–Crippen MR) is 127 cm³/mol. The molecule has 0 spiro atoms. The Morgan fingerprint density at radius 3 is 1.97 bits per heavy atom. The Bertz CT molecular complexity index is 1550. The standard InChI is InChI=1S/C28H18N4O3/c1-17(33)35-21-13-9-19(10-14-21)28(18-7-11-20(34-2)12-8-18)23-6-4-3-5-22(23)26-27(28)32-25(16-30)24(15-29)31-26/h3-14H,1-2H3. The Morgan fingerprint density at radius 1 is 0.829 bits per heavy atom. The monoisotopic (exact) mass is 458 g/mol. The van der Waals surface area contributed by atoms with Gasteiger partial charge in [-0.3, -0.25) is 4.79 Å². The molecular formula is C28H18N4O3. The highest BCUT2D eigenvalue weighted by Gasteiger charge is 2.49. The number of aromatic nitrogens is 2. The zero-order chi connectivity index (χ0) is 24.6. The molecule has 5 rings (SSSR count). The van der Waals surface area contributed by atoms with E-state index in [4.69, 9.17) is 14.5 Å². The van der Waals surface area contributed by atoms with E-state index in [1.807, 2.05) is 72.8 Å². The zero-order valence-corrected chi connectivity index (χ0v) is 18.9. The van der Waals surface area contributed by atoms with Crippen LogP contribution >= 0.6 is 0 Å². The normalized spacial score (nSPS) is 15.3. The highest BCUT2D eigenvalue weighted by molar-refractivity contribution is 5.83. The van der Waals surface area contributed by atoms with Crippen LogP contribution in [-0.4, -0.2) is 23.0 Å². The van der Waals surface area contributed by atoms with E-state index < -0.39 is 11.4 Å². The van der Waals surface area contributed by atoms with Crippen LogP contribution in [0.3, 0.4) is 0 Å². The topological polar surface area (TPSA) is 109 Å². The van der Waals surface area contributed by atoms with Crippen molar-refractivity contribution in [1.82, 2.24) is 9.97 Å². The number of benzene rings is 3. The van der Waals surface area contributed by atoms with Crippen molar-refractivity contribution >= 4 is 5.97 Å². The summed E-state index contributed by atoms with van der Waals surface area (Å²) in [6, 6.07) is 26.6. The number of hydrogen-bond acceptors (Lipinski definition) is 7. The summed E-state index contributed by atoms with van der Waals surface area (Å²) in [5, 5.41) is 19.3. The average Bonchev–Trinajstić information content (AvgIpc) is 3.18. The van der Waals surface area contributed by atoms with Gasteiger partial charge in [-0.15, -0.1) is 0 Å². The number of hydrogen-bond donors (Lipinski definition) is 0. The third-order valence-electron chi connectivity index (χ3n) is 6.12. The molecular weight excluding hydrogens is 440 g/mol. The maximum absolute atomic E-state index is 11.4. The van der Waals surface area contributed by atoms with E-state index in [9.17, 15) is 15.3 Å². The Hall–Kier alpha value is -5.01. The molecule has 0 radical (unpaired) electrons. The zero-order valence-electron chi connectivity index (χ0n) is 18.9. The van der Waals surface area contributed by atoms with Gasteiger partial charge in [0.15, 0.2) is 11.4 Å². The molecule has 1 heterocycles. The van der Waals surface area contributed by atoms with Crippen molar-refractivity contribution in [1.29, 1.82) is 10.5 Å². The SMILES string of the molecule is COc1ccc(C2(c3ccc(OC(C)=O)cc3)c3ccccc3-c3nc(C#N)c(C#N)nc32)cc1. The number of ether oxygens (including phenoxy) is 2. The molecule has 1 aromatic heterocycles. The number of esters is 1. The second-order valence-corrected chi connectivity index (χ2v) is 7.98.